The molecule has 1 atom stereocenters. The summed E-state index contributed by atoms with van der Waals surface area (Å²) < 4.78 is 1.19. The molecule has 0 saturated heterocycles. The highest BCUT2D eigenvalue weighted by molar-refractivity contribution is 9.10. The molecule has 0 amide bonds. The summed E-state index contributed by atoms with van der Waals surface area (Å²) in [6.45, 7) is 6.94. The van der Waals surface area contributed by atoms with Crippen LogP contribution in [0.5, 0.6) is 0 Å². The zero-order valence-corrected chi connectivity index (χ0v) is 12.3. The highest BCUT2D eigenvalue weighted by atomic mass is 79.9. The van der Waals surface area contributed by atoms with Crippen molar-refractivity contribution in [3.8, 4) is 0 Å². The van der Waals surface area contributed by atoms with Gasteiger partial charge in [0.1, 0.15) is 0 Å². The van der Waals surface area contributed by atoms with Crippen molar-refractivity contribution in [3.05, 3.63) is 28.2 Å². The Labute approximate surface area is 112 Å². The number of hydrogen-bond donors (Lipinski definition) is 1. The van der Waals surface area contributed by atoms with Crippen LogP contribution in [0.4, 0.5) is 5.69 Å². The van der Waals surface area contributed by atoms with Crippen LogP contribution in [-0.4, -0.2) is 23.3 Å². The van der Waals surface area contributed by atoms with E-state index < -0.39 is 5.60 Å². The highest BCUT2D eigenvalue weighted by Gasteiger charge is 2.32. The van der Waals surface area contributed by atoms with Crippen molar-refractivity contribution < 1.29 is 5.11 Å². The third kappa shape index (κ3) is 2.66. The zero-order chi connectivity index (χ0) is 12.6. The van der Waals surface area contributed by atoms with E-state index in [2.05, 4.69) is 46.0 Å². The predicted molar refractivity (Wildman–Crippen MR) is 75.6 cm³/mol. The Hall–Kier alpha value is -0.540. The van der Waals surface area contributed by atoms with E-state index in [0.717, 1.165) is 19.4 Å². The van der Waals surface area contributed by atoms with Gasteiger partial charge in [-0.3, -0.25) is 0 Å². The van der Waals surface area contributed by atoms with Crippen LogP contribution in [0.15, 0.2) is 22.7 Å². The molecule has 1 aromatic rings. The van der Waals surface area contributed by atoms with Crippen LogP contribution in [0.25, 0.3) is 0 Å². The molecule has 17 heavy (non-hydrogen) atoms. The summed E-state index contributed by atoms with van der Waals surface area (Å²) in [5.41, 5.74) is 2.09. The fraction of sp³-hybridized carbons (Fsp3) is 0.571. The van der Waals surface area contributed by atoms with Gasteiger partial charge >= 0.3 is 0 Å². The van der Waals surface area contributed by atoms with Gasteiger partial charge in [0.2, 0.25) is 0 Å². The summed E-state index contributed by atoms with van der Waals surface area (Å²) in [4.78, 5) is 2.40. The molecular weight excluding hydrogens is 278 g/mol. The molecule has 1 aromatic carbocycles. The van der Waals surface area contributed by atoms with Gasteiger partial charge in [0.25, 0.3) is 0 Å². The molecule has 1 aliphatic rings. The third-order valence-electron chi connectivity index (χ3n) is 3.36. The van der Waals surface area contributed by atoms with Gasteiger partial charge in [0.15, 0.2) is 0 Å². The van der Waals surface area contributed by atoms with Gasteiger partial charge in [-0.25, -0.2) is 0 Å². The number of anilines is 1. The first-order valence-corrected chi connectivity index (χ1v) is 6.98. The first kappa shape index (κ1) is 12.9. The van der Waals surface area contributed by atoms with Gasteiger partial charge in [0.05, 0.1) is 5.60 Å². The lowest BCUT2D eigenvalue weighted by atomic mass is 9.96. The summed E-state index contributed by atoms with van der Waals surface area (Å²) in [5, 5.41) is 10.0. The number of hydrogen-bond acceptors (Lipinski definition) is 2. The fourth-order valence-electron chi connectivity index (χ4n) is 2.75. The Bertz CT molecular complexity index is 411. The van der Waals surface area contributed by atoms with Gasteiger partial charge < -0.3 is 10.0 Å². The number of aliphatic hydroxyl groups is 1. The van der Waals surface area contributed by atoms with Crippen molar-refractivity contribution in [2.24, 2.45) is 0 Å². The summed E-state index contributed by atoms with van der Waals surface area (Å²) >= 11 is 3.62. The van der Waals surface area contributed by atoms with Crippen molar-refractivity contribution in [3.63, 3.8) is 0 Å². The molecule has 3 heteroatoms. The minimum atomic E-state index is -0.605. The van der Waals surface area contributed by atoms with Crippen LogP contribution in [0.3, 0.4) is 0 Å². The zero-order valence-electron chi connectivity index (χ0n) is 10.7. The molecule has 2 rings (SSSR count). The average molecular weight is 298 g/mol. The molecule has 2 nitrogen and oxygen atoms in total. The molecule has 1 heterocycles. The van der Waals surface area contributed by atoms with Crippen LogP contribution < -0.4 is 4.90 Å². The Kier molecular flexibility index (Phi) is 3.50. The Balaban J connectivity index is 2.28. The maximum Gasteiger partial charge on any atom is 0.0611 e. The first-order chi connectivity index (χ1) is 7.92. The van der Waals surface area contributed by atoms with Gasteiger partial charge in [0, 0.05) is 22.7 Å². The maximum atomic E-state index is 10.0. The number of benzene rings is 1. The van der Waals surface area contributed by atoms with E-state index in [9.17, 15) is 5.11 Å². The van der Waals surface area contributed by atoms with E-state index in [1.54, 1.807) is 0 Å². The van der Waals surface area contributed by atoms with Crippen LogP contribution in [-0.2, 0) is 6.42 Å². The fourth-order valence-corrected chi connectivity index (χ4v) is 3.27. The molecule has 0 spiro atoms. The second kappa shape index (κ2) is 4.62. The lowest BCUT2D eigenvalue weighted by Gasteiger charge is -2.30. The Morgan fingerprint density at radius 1 is 1.47 bits per heavy atom. The minimum absolute atomic E-state index is 0.411. The van der Waals surface area contributed by atoms with Gasteiger partial charge in [-0.15, -0.1) is 0 Å². The number of likely N-dealkylation sites (N-methyl/N-ethyl adjacent to an activating group) is 1. The number of rotatable bonds is 3. The van der Waals surface area contributed by atoms with E-state index in [1.165, 1.54) is 15.7 Å². The van der Waals surface area contributed by atoms with Crippen LogP contribution in [0.2, 0.25) is 0 Å². The first-order valence-electron chi connectivity index (χ1n) is 6.19. The predicted octanol–water partition coefficient (Wildman–Crippen LogP) is 3.36. The second-order valence-electron chi connectivity index (χ2n) is 5.40. The van der Waals surface area contributed by atoms with E-state index in [4.69, 9.17) is 0 Å². The monoisotopic (exact) mass is 297 g/mol. The molecule has 1 unspecified atom stereocenters. The van der Waals surface area contributed by atoms with Crippen LogP contribution in [0, 0.1) is 0 Å². The molecule has 94 valence electrons. The van der Waals surface area contributed by atoms with Crippen molar-refractivity contribution in [2.45, 2.75) is 45.3 Å². The normalized spacial score (nSPS) is 19.6. The van der Waals surface area contributed by atoms with Crippen LogP contribution >= 0.6 is 15.9 Å². The van der Waals surface area contributed by atoms with Gasteiger partial charge in [-0.05, 0) is 51.3 Å². The molecule has 0 fully saturated rings. The van der Waals surface area contributed by atoms with Crippen molar-refractivity contribution >= 4 is 21.6 Å². The molecule has 1 aliphatic heterocycles. The SMILES string of the molecule is CCN1c2cccc(Br)c2CC1CC(C)(C)O. The van der Waals surface area contributed by atoms with Crippen molar-refractivity contribution in [1.29, 1.82) is 0 Å². The topological polar surface area (TPSA) is 23.5 Å². The molecule has 0 aromatic heterocycles. The maximum absolute atomic E-state index is 10.0. The molecular formula is C14H20BrNO. The molecule has 0 aliphatic carbocycles. The Morgan fingerprint density at radius 3 is 2.76 bits per heavy atom. The third-order valence-corrected chi connectivity index (χ3v) is 4.10. The smallest absolute Gasteiger partial charge is 0.0611 e. The molecule has 0 bridgehead atoms. The van der Waals surface area contributed by atoms with E-state index in [-0.39, 0.29) is 0 Å². The number of nitrogens with zero attached hydrogens (tertiary/aromatic N) is 1. The van der Waals surface area contributed by atoms with Crippen molar-refractivity contribution in [1.82, 2.24) is 0 Å². The Morgan fingerprint density at radius 2 is 2.18 bits per heavy atom. The molecule has 0 saturated carbocycles. The number of halogens is 1. The largest absolute Gasteiger partial charge is 0.390 e. The summed E-state index contributed by atoms with van der Waals surface area (Å²) in [6.07, 6.45) is 1.83. The average Bonchev–Trinajstić information content (AvgIpc) is 2.54. The van der Waals surface area contributed by atoms with E-state index in [0.29, 0.717) is 6.04 Å². The van der Waals surface area contributed by atoms with E-state index in [1.807, 2.05) is 13.8 Å². The van der Waals surface area contributed by atoms with Gasteiger partial charge in [-0.2, -0.15) is 0 Å². The summed E-state index contributed by atoms with van der Waals surface area (Å²) in [5.74, 6) is 0. The van der Waals surface area contributed by atoms with Crippen molar-refractivity contribution in [2.75, 3.05) is 11.4 Å². The quantitative estimate of drug-likeness (QED) is 0.925. The lowest BCUT2D eigenvalue weighted by Crippen LogP contribution is -2.38. The number of fused-ring (bicyclic) bond motifs is 1. The van der Waals surface area contributed by atoms with Crippen LogP contribution in [0.1, 0.15) is 32.8 Å². The molecule has 1 N–H and O–H groups in total. The second-order valence-corrected chi connectivity index (χ2v) is 6.25. The summed E-state index contributed by atoms with van der Waals surface area (Å²) in [7, 11) is 0. The standard InChI is InChI=1S/C14H20BrNO/c1-4-16-10(9-14(2,3)17)8-11-12(15)6-5-7-13(11)16/h5-7,10,17H,4,8-9H2,1-3H3. The van der Waals surface area contributed by atoms with Gasteiger partial charge in [-0.1, -0.05) is 22.0 Å². The summed E-state index contributed by atoms with van der Waals surface area (Å²) in [6, 6.07) is 6.76. The molecule has 0 radical (unpaired) electrons. The minimum Gasteiger partial charge on any atom is -0.390 e. The highest BCUT2D eigenvalue weighted by Crippen LogP contribution is 2.38. The lowest BCUT2D eigenvalue weighted by molar-refractivity contribution is 0.0635. The van der Waals surface area contributed by atoms with E-state index >= 15 is 0 Å².